The van der Waals surface area contributed by atoms with Crippen LogP contribution in [0.5, 0.6) is 0 Å². The number of aromatic nitrogens is 4. The van der Waals surface area contributed by atoms with E-state index in [9.17, 15) is 18.4 Å². The minimum atomic E-state index is -0.994. The van der Waals surface area contributed by atoms with E-state index in [0.29, 0.717) is 22.5 Å². The van der Waals surface area contributed by atoms with Crippen molar-refractivity contribution in [2.24, 2.45) is 13.0 Å². The maximum atomic E-state index is 13.6. The van der Waals surface area contributed by atoms with E-state index in [4.69, 9.17) is 0 Å². The summed E-state index contributed by atoms with van der Waals surface area (Å²) in [4.78, 5) is 25.0. The maximum absolute atomic E-state index is 13.6. The summed E-state index contributed by atoms with van der Waals surface area (Å²) in [6, 6.07) is 5.81. The number of benzene rings is 1. The Kier molecular flexibility index (Phi) is 6.09. The third-order valence-electron chi connectivity index (χ3n) is 4.83. The molecule has 3 rings (SSSR count). The van der Waals surface area contributed by atoms with Crippen LogP contribution in [0.15, 0.2) is 41.3 Å². The zero-order valence-electron chi connectivity index (χ0n) is 17.2. The Bertz CT molecular complexity index is 1140. The van der Waals surface area contributed by atoms with Gasteiger partial charge < -0.3 is 5.32 Å². The third-order valence-corrected chi connectivity index (χ3v) is 4.83. The summed E-state index contributed by atoms with van der Waals surface area (Å²) in [6.45, 7) is 5.71. The van der Waals surface area contributed by atoms with E-state index in [1.807, 2.05) is 13.8 Å². The molecule has 0 saturated carbocycles. The van der Waals surface area contributed by atoms with Crippen LogP contribution in [-0.2, 0) is 13.6 Å². The summed E-state index contributed by atoms with van der Waals surface area (Å²) in [5.41, 5.74) is 1.37. The second-order valence-electron chi connectivity index (χ2n) is 7.49. The fourth-order valence-electron chi connectivity index (χ4n) is 3.07. The van der Waals surface area contributed by atoms with Gasteiger partial charge in [0.25, 0.3) is 11.5 Å². The van der Waals surface area contributed by atoms with Gasteiger partial charge in [0, 0.05) is 24.9 Å². The molecule has 30 heavy (non-hydrogen) atoms. The van der Waals surface area contributed by atoms with Crippen LogP contribution in [0.1, 0.15) is 29.9 Å². The highest BCUT2D eigenvalue weighted by atomic mass is 19.2. The van der Waals surface area contributed by atoms with Gasteiger partial charge in [0.15, 0.2) is 11.6 Å². The van der Waals surface area contributed by atoms with Gasteiger partial charge >= 0.3 is 0 Å². The number of nitrogens with one attached hydrogen (secondary N) is 1. The number of nitrogens with zero attached hydrogens (tertiary/aromatic N) is 4. The molecule has 1 amide bonds. The van der Waals surface area contributed by atoms with Gasteiger partial charge in [-0.1, -0.05) is 13.8 Å². The predicted octanol–water partition coefficient (Wildman–Crippen LogP) is 2.69. The Labute approximate surface area is 172 Å². The topological polar surface area (TPSA) is 81.8 Å². The second-order valence-corrected chi connectivity index (χ2v) is 7.49. The smallest absolute Gasteiger partial charge is 0.266 e. The summed E-state index contributed by atoms with van der Waals surface area (Å²) in [5.74, 6) is -2.23. The minimum Gasteiger partial charge on any atom is -0.347 e. The zero-order valence-corrected chi connectivity index (χ0v) is 17.2. The first-order valence-corrected chi connectivity index (χ1v) is 9.50. The van der Waals surface area contributed by atoms with Crippen LogP contribution in [-0.4, -0.2) is 31.5 Å². The standard InChI is InChI=1S/C21H23F2N5O2/c1-12(2)19(24-21(30)15-10-27(4)25-13(15)3)11-28-20(29)8-7-18(26-28)14-5-6-16(22)17(23)9-14/h5-10,12,19H,11H2,1-4H3,(H,24,30)/t19-/m1/s1. The molecule has 0 aliphatic rings. The summed E-state index contributed by atoms with van der Waals surface area (Å²) >= 11 is 0. The highest BCUT2D eigenvalue weighted by Gasteiger charge is 2.21. The molecule has 0 fully saturated rings. The largest absolute Gasteiger partial charge is 0.347 e. The average molecular weight is 415 g/mol. The number of aryl methyl sites for hydroxylation is 2. The number of carbonyl (C=O) groups is 1. The van der Waals surface area contributed by atoms with Gasteiger partial charge in [-0.2, -0.15) is 10.2 Å². The highest BCUT2D eigenvalue weighted by molar-refractivity contribution is 5.95. The molecule has 1 N–H and O–H groups in total. The third kappa shape index (κ3) is 4.61. The molecule has 3 aromatic rings. The van der Waals surface area contributed by atoms with E-state index in [1.165, 1.54) is 22.9 Å². The van der Waals surface area contributed by atoms with E-state index in [0.717, 1.165) is 12.1 Å². The van der Waals surface area contributed by atoms with Crippen molar-refractivity contribution in [3.63, 3.8) is 0 Å². The number of rotatable bonds is 6. The van der Waals surface area contributed by atoms with Crippen molar-refractivity contribution in [1.29, 1.82) is 0 Å². The van der Waals surface area contributed by atoms with Crippen molar-refractivity contribution in [3.05, 3.63) is 69.8 Å². The van der Waals surface area contributed by atoms with Crippen LogP contribution in [0.2, 0.25) is 0 Å². The average Bonchev–Trinajstić information content (AvgIpc) is 3.03. The molecule has 2 heterocycles. The summed E-state index contributed by atoms with van der Waals surface area (Å²) in [5, 5.41) is 11.4. The number of hydrogen-bond acceptors (Lipinski definition) is 4. The Morgan fingerprint density at radius 2 is 1.87 bits per heavy atom. The zero-order chi connectivity index (χ0) is 22.0. The van der Waals surface area contributed by atoms with Crippen LogP contribution in [0.25, 0.3) is 11.3 Å². The van der Waals surface area contributed by atoms with Crippen molar-refractivity contribution in [2.75, 3.05) is 0 Å². The SMILES string of the molecule is Cc1nn(C)cc1C(=O)N[C@H](Cn1nc(-c2ccc(F)c(F)c2)ccc1=O)C(C)C. The number of amides is 1. The molecular formula is C21H23F2N5O2. The normalized spacial score (nSPS) is 12.2. The number of halogens is 2. The molecule has 7 nitrogen and oxygen atoms in total. The molecule has 0 radical (unpaired) electrons. The van der Waals surface area contributed by atoms with Gasteiger partial charge in [-0.25, -0.2) is 13.5 Å². The molecule has 9 heteroatoms. The molecule has 1 atom stereocenters. The van der Waals surface area contributed by atoms with Crippen molar-refractivity contribution in [1.82, 2.24) is 24.9 Å². The van der Waals surface area contributed by atoms with Crippen molar-refractivity contribution in [3.8, 4) is 11.3 Å². The fraction of sp³-hybridized carbons (Fsp3) is 0.333. The number of carbonyl (C=O) groups excluding carboxylic acids is 1. The van der Waals surface area contributed by atoms with Crippen LogP contribution < -0.4 is 10.9 Å². The Morgan fingerprint density at radius 1 is 1.13 bits per heavy atom. The van der Waals surface area contributed by atoms with Gasteiger partial charge in [-0.3, -0.25) is 14.3 Å². The lowest BCUT2D eigenvalue weighted by molar-refractivity contribution is 0.0918. The van der Waals surface area contributed by atoms with E-state index >= 15 is 0 Å². The monoisotopic (exact) mass is 415 g/mol. The molecule has 0 bridgehead atoms. The first-order chi connectivity index (χ1) is 14.2. The van der Waals surface area contributed by atoms with E-state index in [1.54, 1.807) is 24.9 Å². The lowest BCUT2D eigenvalue weighted by atomic mass is 10.0. The summed E-state index contributed by atoms with van der Waals surface area (Å²) in [6.07, 6.45) is 1.64. The molecule has 158 valence electrons. The molecule has 0 unspecified atom stereocenters. The Hall–Kier alpha value is -3.36. The lowest BCUT2D eigenvalue weighted by Gasteiger charge is -2.23. The second kappa shape index (κ2) is 8.56. The molecule has 0 aliphatic carbocycles. The van der Waals surface area contributed by atoms with Gasteiger partial charge in [0.1, 0.15) is 0 Å². The first kappa shape index (κ1) is 21.4. The maximum Gasteiger partial charge on any atom is 0.266 e. The fourth-order valence-corrected chi connectivity index (χ4v) is 3.07. The van der Waals surface area contributed by atoms with E-state index in [-0.39, 0.29) is 30.0 Å². The van der Waals surface area contributed by atoms with Crippen LogP contribution >= 0.6 is 0 Å². The van der Waals surface area contributed by atoms with Gasteiger partial charge in [-0.05, 0) is 37.1 Å². The van der Waals surface area contributed by atoms with E-state index in [2.05, 4.69) is 15.5 Å². The first-order valence-electron chi connectivity index (χ1n) is 9.50. The molecule has 0 saturated heterocycles. The Morgan fingerprint density at radius 3 is 2.47 bits per heavy atom. The minimum absolute atomic E-state index is 0.00606. The van der Waals surface area contributed by atoms with E-state index < -0.39 is 11.6 Å². The van der Waals surface area contributed by atoms with Gasteiger partial charge in [0.2, 0.25) is 0 Å². The number of hydrogen-bond donors (Lipinski definition) is 1. The molecule has 0 aliphatic heterocycles. The van der Waals surface area contributed by atoms with Crippen molar-refractivity contribution in [2.45, 2.75) is 33.4 Å². The van der Waals surface area contributed by atoms with Crippen LogP contribution in [0.3, 0.4) is 0 Å². The van der Waals surface area contributed by atoms with Gasteiger partial charge in [0.05, 0.1) is 29.5 Å². The van der Waals surface area contributed by atoms with Crippen LogP contribution in [0.4, 0.5) is 8.78 Å². The predicted molar refractivity (Wildman–Crippen MR) is 108 cm³/mol. The molecule has 2 aromatic heterocycles. The molecule has 0 spiro atoms. The van der Waals surface area contributed by atoms with Crippen molar-refractivity contribution >= 4 is 5.91 Å². The molecular weight excluding hydrogens is 392 g/mol. The highest BCUT2D eigenvalue weighted by Crippen LogP contribution is 2.18. The summed E-state index contributed by atoms with van der Waals surface area (Å²) < 4.78 is 29.6. The van der Waals surface area contributed by atoms with Gasteiger partial charge in [-0.15, -0.1) is 0 Å². The van der Waals surface area contributed by atoms with Crippen molar-refractivity contribution < 1.29 is 13.6 Å². The summed E-state index contributed by atoms with van der Waals surface area (Å²) in [7, 11) is 1.73. The molecule has 1 aromatic carbocycles. The van der Waals surface area contributed by atoms with Crippen LogP contribution in [0, 0.1) is 24.5 Å². The Balaban J connectivity index is 1.86. The quantitative estimate of drug-likeness (QED) is 0.671. The lowest BCUT2D eigenvalue weighted by Crippen LogP contribution is -2.44.